The van der Waals surface area contributed by atoms with Crippen molar-refractivity contribution in [2.75, 3.05) is 7.11 Å². The Labute approximate surface area is 175 Å². The van der Waals surface area contributed by atoms with Gasteiger partial charge >= 0.3 is 12.5 Å². The molecular weight excluding hydrogens is 415 g/mol. The molecule has 4 rings (SSSR count). The van der Waals surface area contributed by atoms with Crippen LogP contribution in [-0.2, 0) is 13.1 Å². The second-order valence-electron chi connectivity index (χ2n) is 6.62. The topological polar surface area (TPSA) is 73.8 Å². The van der Waals surface area contributed by atoms with Gasteiger partial charge in [0.2, 0.25) is 0 Å². The van der Waals surface area contributed by atoms with Gasteiger partial charge in [0.1, 0.15) is 23.1 Å². The summed E-state index contributed by atoms with van der Waals surface area (Å²) in [6.07, 6.45) is -2.14. The number of methoxy groups -OCH3 is 1. The summed E-state index contributed by atoms with van der Waals surface area (Å²) in [5.74, 6) is 0.717. The summed E-state index contributed by atoms with van der Waals surface area (Å²) in [6, 6.07) is 10.7. The number of aromatic nitrogens is 2. The Morgan fingerprint density at radius 1 is 1.13 bits per heavy atom. The molecule has 0 saturated heterocycles. The normalized spacial score (nSPS) is 13.4. The zero-order valence-electron chi connectivity index (χ0n) is 16.2. The Balaban J connectivity index is 1.61. The van der Waals surface area contributed by atoms with Crippen molar-refractivity contribution in [2.45, 2.75) is 19.5 Å². The summed E-state index contributed by atoms with van der Waals surface area (Å²) in [6.45, 7) is 0.438. The van der Waals surface area contributed by atoms with E-state index in [2.05, 4.69) is 14.7 Å². The van der Waals surface area contributed by atoms with Crippen molar-refractivity contribution in [1.82, 2.24) is 14.9 Å². The molecule has 0 N–H and O–H groups in total. The highest BCUT2D eigenvalue weighted by Crippen LogP contribution is 2.38. The van der Waals surface area contributed by atoms with E-state index in [1.165, 1.54) is 30.2 Å². The second-order valence-corrected chi connectivity index (χ2v) is 6.62. The van der Waals surface area contributed by atoms with E-state index >= 15 is 0 Å². The monoisotopic (exact) mass is 431 g/mol. The molecule has 31 heavy (non-hydrogen) atoms. The van der Waals surface area contributed by atoms with Gasteiger partial charge in [-0.1, -0.05) is 6.07 Å². The van der Waals surface area contributed by atoms with Crippen LogP contribution >= 0.6 is 0 Å². The van der Waals surface area contributed by atoms with E-state index in [-0.39, 0.29) is 24.6 Å². The van der Waals surface area contributed by atoms with Crippen molar-refractivity contribution in [3.63, 3.8) is 0 Å². The summed E-state index contributed by atoms with van der Waals surface area (Å²) in [4.78, 5) is 22.0. The smallest absolute Gasteiger partial charge is 0.496 e. The Bertz CT molecular complexity index is 1110. The van der Waals surface area contributed by atoms with Gasteiger partial charge in [-0.2, -0.15) is 0 Å². The lowest BCUT2D eigenvalue weighted by Gasteiger charge is -2.27. The van der Waals surface area contributed by atoms with Crippen LogP contribution in [0.1, 0.15) is 11.4 Å². The number of hydrogen-bond donors (Lipinski definition) is 0. The number of halogens is 3. The van der Waals surface area contributed by atoms with Crippen molar-refractivity contribution < 1.29 is 32.2 Å². The molecule has 0 unspecified atom stereocenters. The van der Waals surface area contributed by atoms with Crippen LogP contribution < -0.4 is 14.2 Å². The van der Waals surface area contributed by atoms with E-state index in [0.717, 1.165) is 5.56 Å². The number of alkyl halides is 3. The molecule has 0 atom stereocenters. The molecule has 0 saturated carbocycles. The number of ether oxygens (including phenoxy) is 3. The molecule has 0 radical (unpaired) electrons. The predicted octanol–water partition coefficient (Wildman–Crippen LogP) is 4.57. The molecule has 160 valence electrons. The van der Waals surface area contributed by atoms with E-state index < -0.39 is 12.5 Å². The number of hydrogen-bond acceptors (Lipinski definition) is 6. The van der Waals surface area contributed by atoms with E-state index in [9.17, 15) is 18.0 Å². The molecule has 0 fully saturated rings. The van der Waals surface area contributed by atoms with Crippen molar-refractivity contribution in [1.29, 1.82) is 0 Å². The molecule has 1 aliphatic rings. The van der Waals surface area contributed by atoms with Gasteiger partial charge in [0.25, 0.3) is 0 Å². The fourth-order valence-electron chi connectivity index (χ4n) is 3.21. The predicted molar refractivity (Wildman–Crippen MR) is 102 cm³/mol. The summed E-state index contributed by atoms with van der Waals surface area (Å²) in [5, 5.41) is 0. The number of fused-ring (bicyclic) bond motifs is 1. The average Bonchev–Trinajstić information content (AvgIpc) is 2.73. The molecular formula is C21H16F3N3O4. The van der Waals surface area contributed by atoms with Crippen molar-refractivity contribution in [3.8, 4) is 28.4 Å². The Morgan fingerprint density at radius 2 is 1.90 bits per heavy atom. The molecule has 10 heteroatoms. The third-order valence-corrected chi connectivity index (χ3v) is 4.55. The number of nitrogens with zero attached hydrogens (tertiary/aromatic N) is 3. The lowest BCUT2D eigenvalue weighted by molar-refractivity contribution is -0.274. The maximum Gasteiger partial charge on any atom is 0.573 e. The Morgan fingerprint density at radius 3 is 2.61 bits per heavy atom. The fourth-order valence-corrected chi connectivity index (χ4v) is 3.21. The van der Waals surface area contributed by atoms with Crippen molar-refractivity contribution in [3.05, 3.63) is 66.2 Å². The molecule has 2 aromatic carbocycles. The standard InChI is InChI=1S/C21H16F3N3O4/c1-29-18-10-15(31-21(22,23)24)4-5-16(18)13-3-6-17-14(9-13)11-27(20(28)30-17)12-19-25-7-2-8-26-19/h2-10H,11-12H2,1H3. The van der Waals surface area contributed by atoms with Crippen LogP contribution in [0.3, 0.4) is 0 Å². The van der Waals surface area contributed by atoms with Gasteiger partial charge < -0.3 is 14.2 Å². The van der Waals surface area contributed by atoms with E-state index in [1.54, 1.807) is 36.7 Å². The number of benzene rings is 2. The van der Waals surface area contributed by atoms with E-state index in [1.807, 2.05) is 0 Å². The van der Waals surface area contributed by atoms with Crippen LogP contribution in [0.4, 0.5) is 18.0 Å². The fraction of sp³-hybridized carbons (Fsp3) is 0.190. The summed E-state index contributed by atoms with van der Waals surface area (Å²) >= 11 is 0. The summed E-state index contributed by atoms with van der Waals surface area (Å²) < 4.78 is 52.1. The number of amides is 1. The van der Waals surface area contributed by atoms with Crippen LogP contribution in [0.15, 0.2) is 54.9 Å². The van der Waals surface area contributed by atoms with Crippen LogP contribution in [-0.4, -0.2) is 34.4 Å². The lowest BCUT2D eigenvalue weighted by Crippen LogP contribution is -2.36. The first-order valence-electron chi connectivity index (χ1n) is 9.12. The number of carbonyl (C=O) groups is 1. The average molecular weight is 431 g/mol. The number of carbonyl (C=O) groups excluding carboxylic acids is 1. The van der Waals surface area contributed by atoms with Crippen LogP contribution in [0.25, 0.3) is 11.1 Å². The summed E-state index contributed by atoms with van der Waals surface area (Å²) in [7, 11) is 1.36. The first-order chi connectivity index (χ1) is 14.8. The molecule has 0 aliphatic carbocycles. The van der Waals surface area contributed by atoms with Gasteiger partial charge in [-0.25, -0.2) is 14.8 Å². The quantitative estimate of drug-likeness (QED) is 0.590. The van der Waals surface area contributed by atoms with Gasteiger partial charge in [0.15, 0.2) is 0 Å². The maximum absolute atomic E-state index is 12.5. The van der Waals surface area contributed by atoms with Crippen LogP contribution in [0.2, 0.25) is 0 Å². The zero-order chi connectivity index (χ0) is 22.0. The molecule has 7 nitrogen and oxygen atoms in total. The molecule has 1 amide bonds. The minimum Gasteiger partial charge on any atom is -0.496 e. The molecule has 1 aliphatic heterocycles. The number of rotatable bonds is 5. The van der Waals surface area contributed by atoms with E-state index in [0.29, 0.717) is 22.7 Å². The second kappa shape index (κ2) is 8.13. The first-order valence-corrected chi connectivity index (χ1v) is 9.12. The molecule has 0 bridgehead atoms. The molecule has 1 aromatic heterocycles. The van der Waals surface area contributed by atoms with Gasteiger partial charge in [-0.3, -0.25) is 4.90 Å². The zero-order valence-corrected chi connectivity index (χ0v) is 16.2. The van der Waals surface area contributed by atoms with Crippen molar-refractivity contribution >= 4 is 6.09 Å². The molecule has 3 aromatic rings. The highest BCUT2D eigenvalue weighted by Gasteiger charge is 2.31. The van der Waals surface area contributed by atoms with Crippen molar-refractivity contribution in [2.24, 2.45) is 0 Å². The molecule has 2 heterocycles. The first kappa shape index (κ1) is 20.5. The Hall–Kier alpha value is -3.82. The minimum atomic E-state index is -4.80. The highest BCUT2D eigenvalue weighted by molar-refractivity contribution is 5.77. The third-order valence-electron chi connectivity index (χ3n) is 4.55. The van der Waals surface area contributed by atoms with Gasteiger partial charge in [0.05, 0.1) is 20.2 Å². The largest absolute Gasteiger partial charge is 0.573 e. The highest BCUT2D eigenvalue weighted by atomic mass is 19.4. The Kier molecular flexibility index (Phi) is 5.37. The van der Waals surface area contributed by atoms with E-state index in [4.69, 9.17) is 9.47 Å². The van der Waals surface area contributed by atoms with Crippen LogP contribution in [0.5, 0.6) is 17.2 Å². The minimum absolute atomic E-state index is 0.177. The van der Waals surface area contributed by atoms with Gasteiger partial charge in [0, 0.05) is 29.6 Å². The van der Waals surface area contributed by atoms with Crippen LogP contribution in [0, 0.1) is 0 Å². The van der Waals surface area contributed by atoms with Gasteiger partial charge in [-0.15, -0.1) is 13.2 Å². The third kappa shape index (κ3) is 4.68. The SMILES string of the molecule is COc1cc(OC(F)(F)F)ccc1-c1ccc2c(c1)CN(Cc1ncccn1)C(=O)O2. The van der Waals surface area contributed by atoms with Gasteiger partial charge in [-0.05, 0) is 35.9 Å². The maximum atomic E-state index is 12.5. The lowest BCUT2D eigenvalue weighted by atomic mass is 10.0. The summed E-state index contributed by atoms with van der Waals surface area (Å²) in [5.41, 5.74) is 1.98. The molecule has 0 spiro atoms.